The first-order chi connectivity index (χ1) is 16.3. The molecule has 2 atom stereocenters. The molecule has 3 rings (SSSR count). The van der Waals surface area contributed by atoms with Crippen molar-refractivity contribution in [1.29, 1.82) is 0 Å². The Morgan fingerprint density at radius 1 is 1.15 bits per heavy atom. The lowest BCUT2D eigenvalue weighted by atomic mass is 10.2. The first-order valence-electron chi connectivity index (χ1n) is 11.0. The normalized spacial score (nSPS) is 12.6. The monoisotopic (exact) mass is 468 g/mol. The van der Waals surface area contributed by atoms with Crippen LogP contribution in [0.5, 0.6) is 17.2 Å². The van der Waals surface area contributed by atoms with Crippen LogP contribution in [0.2, 0.25) is 0 Å². The Bertz CT molecular complexity index is 1110. The topological polar surface area (TPSA) is 109 Å². The molecular formula is C25H32N4O5. The quantitative estimate of drug-likeness (QED) is 0.386. The number of aryl methyl sites for hydroxylation is 1. The van der Waals surface area contributed by atoms with Crippen molar-refractivity contribution in [2.45, 2.75) is 40.0 Å². The molecule has 1 heterocycles. The summed E-state index contributed by atoms with van der Waals surface area (Å²) in [6.45, 7) is 7.57. The summed E-state index contributed by atoms with van der Waals surface area (Å²) >= 11 is 0. The van der Waals surface area contributed by atoms with E-state index >= 15 is 0 Å². The van der Waals surface area contributed by atoms with Gasteiger partial charge in [0, 0.05) is 30.8 Å². The lowest BCUT2D eigenvalue weighted by Crippen LogP contribution is -2.46. The zero-order valence-electron chi connectivity index (χ0n) is 20.4. The number of aromatic nitrogens is 2. The third-order valence-corrected chi connectivity index (χ3v) is 5.32. The number of aliphatic hydroxyl groups is 1. The van der Waals surface area contributed by atoms with Gasteiger partial charge in [0.2, 0.25) is 5.91 Å². The number of rotatable bonds is 10. The number of aromatic amines is 1. The molecule has 0 spiro atoms. The highest BCUT2D eigenvalue weighted by molar-refractivity contribution is 5.88. The summed E-state index contributed by atoms with van der Waals surface area (Å²) < 4.78 is 17.0. The molecule has 0 fully saturated rings. The number of nitrogens with one attached hydrogen (secondary N) is 2. The molecular weight excluding hydrogens is 436 g/mol. The maximum Gasteiger partial charge on any atom is 0.222 e. The second-order valence-corrected chi connectivity index (χ2v) is 7.84. The van der Waals surface area contributed by atoms with Gasteiger partial charge in [-0.2, -0.15) is 0 Å². The number of nitrogens with zero attached hydrogens (tertiary/aromatic N) is 2. The highest BCUT2D eigenvalue weighted by atomic mass is 16.5. The largest absolute Gasteiger partial charge is 0.493 e. The number of imidazole rings is 1. The Morgan fingerprint density at radius 3 is 2.38 bits per heavy atom. The highest BCUT2D eigenvalue weighted by Gasteiger charge is 2.25. The molecule has 1 aromatic heterocycles. The molecule has 3 N–H and O–H groups in total. The second-order valence-electron chi connectivity index (χ2n) is 7.84. The van der Waals surface area contributed by atoms with Gasteiger partial charge in [0.1, 0.15) is 17.7 Å². The molecule has 0 aliphatic rings. The Labute approximate surface area is 199 Å². The lowest BCUT2D eigenvalue weighted by Gasteiger charge is -2.35. The van der Waals surface area contributed by atoms with Crippen molar-refractivity contribution >= 4 is 17.4 Å². The molecule has 0 aliphatic carbocycles. The molecule has 0 radical (unpaired) electrons. The highest BCUT2D eigenvalue weighted by Crippen LogP contribution is 2.33. The van der Waals surface area contributed by atoms with Crippen LogP contribution in [0.3, 0.4) is 0 Å². The van der Waals surface area contributed by atoms with E-state index in [1.165, 1.54) is 6.92 Å². The predicted octanol–water partition coefficient (Wildman–Crippen LogP) is 3.97. The summed E-state index contributed by atoms with van der Waals surface area (Å²) in [5, 5.41) is 13.2. The van der Waals surface area contributed by atoms with Crippen molar-refractivity contribution in [3.8, 4) is 28.6 Å². The van der Waals surface area contributed by atoms with Crippen molar-refractivity contribution in [2.24, 2.45) is 0 Å². The van der Waals surface area contributed by atoms with Crippen LogP contribution < -0.4 is 24.4 Å². The number of methoxy groups -OCH3 is 2. The van der Waals surface area contributed by atoms with Crippen LogP contribution in [-0.2, 0) is 4.79 Å². The maximum absolute atomic E-state index is 11.3. The van der Waals surface area contributed by atoms with E-state index in [1.807, 2.05) is 61.2 Å². The van der Waals surface area contributed by atoms with Gasteiger partial charge in [-0.15, -0.1) is 0 Å². The van der Waals surface area contributed by atoms with Crippen molar-refractivity contribution in [1.82, 2.24) is 9.97 Å². The molecule has 3 aromatic rings. The van der Waals surface area contributed by atoms with Crippen LogP contribution >= 0.6 is 0 Å². The Balaban J connectivity index is 1.82. The van der Waals surface area contributed by atoms with E-state index in [-0.39, 0.29) is 5.91 Å². The first-order valence-corrected chi connectivity index (χ1v) is 11.0. The van der Waals surface area contributed by atoms with E-state index in [0.717, 1.165) is 16.9 Å². The zero-order valence-corrected chi connectivity index (χ0v) is 20.4. The number of hydrogen-bond acceptors (Lipinski definition) is 7. The van der Waals surface area contributed by atoms with Gasteiger partial charge >= 0.3 is 0 Å². The lowest BCUT2D eigenvalue weighted by molar-refractivity contribution is -0.114. The summed E-state index contributed by atoms with van der Waals surface area (Å²) in [6, 6.07) is 13.0. The van der Waals surface area contributed by atoms with Gasteiger partial charge in [-0.05, 0) is 57.2 Å². The standard InChI is InChI=1S/C25H32N4O5/c1-7-29(19-10-13-21(32-5)22(14-19)33-6)25(16(3)30)34-20-11-8-18(9-12-20)24-26-15(2)23(28-24)27-17(4)31/h8-14,16,25,30H,7H2,1-6H3,(H,26,28)(H,27,31). The van der Waals surface area contributed by atoms with Crippen molar-refractivity contribution in [2.75, 3.05) is 31.0 Å². The van der Waals surface area contributed by atoms with E-state index < -0.39 is 12.3 Å². The number of carbonyl (C=O) groups is 1. The van der Waals surface area contributed by atoms with Crippen LogP contribution in [0.15, 0.2) is 42.5 Å². The number of amides is 1. The Kier molecular flexibility index (Phi) is 8.01. The number of benzene rings is 2. The number of ether oxygens (including phenoxy) is 3. The summed E-state index contributed by atoms with van der Waals surface area (Å²) in [5.74, 6) is 2.79. The van der Waals surface area contributed by atoms with E-state index in [2.05, 4.69) is 15.3 Å². The molecule has 0 saturated heterocycles. The molecule has 0 aliphatic heterocycles. The number of anilines is 2. The van der Waals surface area contributed by atoms with E-state index in [9.17, 15) is 9.90 Å². The molecule has 34 heavy (non-hydrogen) atoms. The minimum absolute atomic E-state index is 0.177. The van der Waals surface area contributed by atoms with Gasteiger partial charge < -0.3 is 34.5 Å². The molecule has 2 unspecified atom stereocenters. The molecule has 1 amide bonds. The fourth-order valence-electron chi connectivity index (χ4n) is 3.65. The third-order valence-electron chi connectivity index (χ3n) is 5.32. The summed E-state index contributed by atoms with van der Waals surface area (Å²) in [5.41, 5.74) is 2.44. The van der Waals surface area contributed by atoms with Crippen LogP contribution in [0.4, 0.5) is 11.5 Å². The summed E-state index contributed by atoms with van der Waals surface area (Å²) in [6.07, 6.45) is -1.41. The van der Waals surface area contributed by atoms with E-state index in [1.54, 1.807) is 21.1 Å². The Hall–Kier alpha value is -3.72. The molecule has 9 nitrogen and oxygen atoms in total. The number of H-pyrrole nitrogens is 1. The summed E-state index contributed by atoms with van der Waals surface area (Å²) in [4.78, 5) is 20.9. The Morgan fingerprint density at radius 2 is 1.82 bits per heavy atom. The zero-order chi connectivity index (χ0) is 24.8. The maximum atomic E-state index is 11.3. The van der Waals surface area contributed by atoms with E-state index in [4.69, 9.17) is 14.2 Å². The van der Waals surface area contributed by atoms with Crippen molar-refractivity contribution in [3.05, 3.63) is 48.2 Å². The number of aliphatic hydroxyl groups excluding tert-OH is 1. The van der Waals surface area contributed by atoms with Crippen LogP contribution in [0.1, 0.15) is 26.5 Å². The van der Waals surface area contributed by atoms with Crippen LogP contribution in [0.25, 0.3) is 11.4 Å². The van der Waals surface area contributed by atoms with Gasteiger partial charge in [0.15, 0.2) is 23.5 Å². The van der Waals surface area contributed by atoms with Gasteiger partial charge in [-0.25, -0.2) is 4.98 Å². The van der Waals surface area contributed by atoms with E-state index in [0.29, 0.717) is 35.4 Å². The average Bonchev–Trinajstić information content (AvgIpc) is 3.18. The van der Waals surface area contributed by atoms with Crippen molar-refractivity contribution in [3.63, 3.8) is 0 Å². The molecule has 0 bridgehead atoms. The first kappa shape index (κ1) is 24.9. The van der Waals surface area contributed by atoms with Gasteiger partial charge in [-0.3, -0.25) is 4.79 Å². The average molecular weight is 469 g/mol. The smallest absolute Gasteiger partial charge is 0.222 e. The molecule has 182 valence electrons. The van der Waals surface area contributed by atoms with Gasteiger partial charge in [-0.1, -0.05) is 0 Å². The molecule has 2 aromatic carbocycles. The molecule has 0 saturated carbocycles. The van der Waals surface area contributed by atoms with Crippen LogP contribution in [-0.4, -0.2) is 54.1 Å². The number of likely N-dealkylation sites (N-methyl/N-ethyl adjacent to an activating group) is 1. The second kappa shape index (κ2) is 10.9. The van der Waals surface area contributed by atoms with Crippen molar-refractivity contribution < 1.29 is 24.1 Å². The molecule has 9 heteroatoms. The fourth-order valence-corrected chi connectivity index (χ4v) is 3.65. The number of carbonyl (C=O) groups excluding carboxylic acids is 1. The number of hydrogen-bond donors (Lipinski definition) is 3. The SMILES string of the molecule is CCN(c1ccc(OC)c(OC)c1)C(Oc1ccc(-c2nc(NC(C)=O)c(C)[nH]2)cc1)C(C)O. The van der Waals surface area contributed by atoms with Crippen LogP contribution in [0, 0.1) is 6.92 Å². The van der Waals surface area contributed by atoms with Gasteiger partial charge in [0.25, 0.3) is 0 Å². The minimum Gasteiger partial charge on any atom is -0.493 e. The minimum atomic E-state index is -0.777. The van der Waals surface area contributed by atoms with Gasteiger partial charge in [0.05, 0.1) is 19.9 Å². The third kappa shape index (κ3) is 5.60. The fraction of sp³-hybridized carbons (Fsp3) is 0.360. The predicted molar refractivity (Wildman–Crippen MR) is 132 cm³/mol. The summed E-state index contributed by atoms with van der Waals surface area (Å²) in [7, 11) is 3.17.